The number of aromatic nitrogens is 3. The number of ether oxygens (including phenoxy) is 2. The highest BCUT2D eigenvalue weighted by Crippen LogP contribution is 2.29. The van der Waals surface area contributed by atoms with Crippen molar-refractivity contribution in [1.82, 2.24) is 20.1 Å². The number of benzene rings is 2. The summed E-state index contributed by atoms with van der Waals surface area (Å²) in [6.45, 7) is 2.35. The summed E-state index contributed by atoms with van der Waals surface area (Å²) in [5, 5.41) is 10.3. The summed E-state index contributed by atoms with van der Waals surface area (Å²) in [6.07, 6.45) is 4.97. The molecule has 0 bridgehead atoms. The van der Waals surface area contributed by atoms with Gasteiger partial charge in [-0.15, -0.1) is 0 Å². The first kappa shape index (κ1) is 22.8. The van der Waals surface area contributed by atoms with Crippen molar-refractivity contribution in [2.45, 2.75) is 19.6 Å². The molecule has 34 heavy (non-hydrogen) atoms. The van der Waals surface area contributed by atoms with E-state index in [4.69, 9.17) is 9.47 Å². The first-order valence-electron chi connectivity index (χ1n) is 10.9. The van der Waals surface area contributed by atoms with Gasteiger partial charge in [-0.05, 0) is 54.4 Å². The molecule has 1 amide bonds. The Bertz CT molecular complexity index is 1270. The SMILES string of the molecule is COc1cccc(CNC(=O)c2cccc(C(C)Oc3cccnc3Nc3cnn(C)c3)c2)c1. The van der Waals surface area contributed by atoms with Gasteiger partial charge in [-0.1, -0.05) is 24.3 Å². The molecule has 0 aliphatic carbocycles. The minimum atomic E-state index is -0.301. The zero-order chi connectivity index (χ0) is 23.9. The molecule has 0 fully saturated rings. The van der Waals surface area contributed by atoms with E-state index in [-0.39, 0.29) is 12.0 Å². The molecule has 0 radical (unpaired) electrons. The van der Waals surface area contributed by atoms with Gasteiger partial charge in [0.05, 0.1) is 19.0 Å². The summed E-state index contributed by atoms with van der Waals surface area (Å²) in [7, 11) is 3.47. The van der Waals surface area contributed by atoms with Gasteiger partial charge in [-0.25, -0.2) is 4.98 Å². The van der Waals surface area contributed by atoms with Gasteiger partial charge in [0.1, 0.15) is 11.9 Å². The zero-order valence-corrected chi connectivity index (χ0v) is 19.4. The lowest BCUT2D eigenvalue weighted by Crippen LogP contribution is -2.23. The fourth-order valence-electron chi connectivity index (χ4n) is 3.46. The van der Waals surface area contributed by atoms with E-state index in [0.717, 1.165) is 22.6 Å². The maximum Gasteiger partial charge on any atom is 0.251 e. The van der Waals surface area contributed by atoms with Crippen molar-refractivity contribution >= 4 is 17.4 Å². The van der Waals surface area contributed by atoms with Crippen LogP contribution in [-0.2, 0) is 13.6 Å². The van der Waals surface area contributed by atoms with Crippen LogP contribution in [0.1, 0.15) is 34.5 Å². The lowest BCUT2D eigenvalue weighted by molar-refractivity contribution is 0.0950. The van der Waals surface area contributed by atoms with Crippen molar-refractivity contribution in [3.05, 3.63) is 95.9 Å². The molecule has 1 atom stereocenters. The van der Waals surface area contributed by atoms with Crippen LogP contribution in [0.3, 0.4) is 0 Å². The van der Waals surface area contributed by atoms with E-state index in [2.05, 4.69) is 20.7 Å². The molecule has 0 aliphatic rings. The molecule has 1 unspecified atom stereocenters. The van der Waals surface area contributed by atoms with Crippen LogP contribution in [-0.4, -0.2) is 27.8 Å². The van der Waals surface area contributed by atoms with Gasteiger partial charge in [-0.3, -0.25) is 9.48 Å². The van der Waals surface area contributed by atoms with Crippen LogP contribution >= 0.6 is 0 Å². The monoisotopic (exact) mass is 457 g/mol. The van der Waals surface area contributed by atoms with E-state index in [1.54, 1.807) is 30.3 Å². The van der Waals surface area contributed by atoms with E-state index in [1.165, 1.54) is 0 Å². The lowest BCUT2D eigenvalue weighted by atomic mass is 10.1. The summed E-state index contributed by atoms with van der Waals surface area (Å²) < 4.78 is 13.2. The highest BCUT2D eigenvalue weighted by atomic mass is 16.5. The predicted molar refractivity (Wildman–Crippen MR) is 130 cm³/mol. The van der Waals surface area contributed by atoms with Crippen LogP contribution in [0.4, 0.5) is 11.5 Å². The van der Waals surface area contributed by atoms with Crippen molar-refractivity contribution < 1.29 is 14.3 Å². The first-order chi connectivity index (χ1) is 16.5. The van der Waals surface area contributed by atoms with Gasteiger partial charge in [0, 0.05) is 31.5 Å². The van der Waals surface area contributed by atoms with E-state index >= 15 is 0 Å². The van der Waals surface area contributed by atoms with Crippen molar-refractivity contribution in [1.29, 1.82) is 0 Å². The number of carbonyl (C=O) groups excluding carboxylic acids is 1. The molecule has 174 valence electrons. The maximum atomic E-state index is 12.8. The van der Waals surface area contributed by atoms with Crippen LogP contribution in [0.5, 0.6) is 11.5 Å². The third-order valence-electron chi connectivity index (χ3n) is 5.25. The Morgan fingerprint density at radius 2 is 1.97 bits per heavy atom. The number of rotatable bonds is 9. The van der Waals surface area contributed by atoms with Gasteiger partial charge in [-0.2, -0.15) is 5.10 Å². The number of methoxy groups -OCH3 is 1. The van der Waals surface area contributed by atoms with Crippen molar-refractivity contribution in [3.8, 4) is 11.5 Å². The molecular formula is C26H27N5O3. The van der Waals surface area contributed by atoms with Crippen molar-refractivity contribution in [3.63, 3.8) is 0 Å². The molecule has 0 saturated carbocycles. The summed E-state index contributed by atoms with van der Waals surface area (Å²) in [6, 6.07) is 18.7. The Morgan fingerprint density at radius 1 is 1.12 bits per heavy atom. The number of amides is 1. The Morgan fingerprint density at radius 3 is 2.76 bits per heavy atom. The number of nitrogens with zero attached hydrogens (tertiary/aromatic N) is 3. The van der Waals surface area contributed by atoms with Gasteiger partial charge in [0.2, 0.25) is 0 Å². The molecule has 2 N–H and O–H groups in total. The van der Waals surface area contributed by atoms with Crippen LogP contribution in [0.15, 0.2) is 79.3 Å². The fraction of sp³-hybridized carbons (Fsp3) is 0.192. The normalized spacial score (nSPS) is 11.5. The van der Waals surface area contributed by atoms with Crippen LogP contribution in [0, 0.1) is 0 Å². The van der Waals surface area contributed by atoms with Crippen molar-refractivity contribution in [2.24, 2.45) is 7.05 Å². The molecule has 4 rings (SSSR count). The average molecular weight is 458 g/mol. The average Bonchev–Trinajstić information content (AvgIpc) is 3.28. The van der Waals surface area contributed by atoms with E-state index in [1.807, 2.05) is 74.8 Å². The van der Waals surface area contributed by atoms with Gasteiger partial charge in [0.25, 0.3) is 5.91 Å². The predicted octanol–water partition coefficient (Wildman–Crippen LogP) is 4.64. The van der Waals surface area contributed by atoms with Crippen LogP contribution < -0.4 is 20.1 Å². The van der Waals surface area contributed by atoms with Gasteiger partial charge in [0.15, 0.2) is 11.6 Å². The van der Waals surface area contributed by atoms with Crippen LogP contribution in [0.25, 0.3) is 0 Å². The second-order valence-corrected chi connectivity index (χ2v) is 7.80. The van der Waals surface area contributed by atoms with Gasteiger partial charge >= 0.3 is 0 Å². The Labute approximate surface area is 198 Å². The fourth-order valence-corrected chi connectivity index (χ4v) is 3.46. The summed E-state index contributed by atoms with van der Waals surface area (Å²) >= 11 is 0. The summed E-state index contributed by atoms with van der Waals surface area (Å²) in [5.41, 5.74) is 3.22. The quantitative estimate of drug-likeness (QED) is 0.381. The van der Waals surface area contributed by atoms with Crippen molar-refractivity contribution in [2.75, 3.05) is 12.4 Å². The highest BCUT2D eigenvalue weighted by Gasteiger charge is 2.14. The Balaban J connectivity index is 1.43. The minimum Gasteiger partial charge on any atom is -0.497 e. The Kier molecular flexibility index (Phi) is 7.07. The topological polar surface area (TPSA) is 90.3 Å². The molecule has 4 aromatic rings. The summed E-state index contributed by atoms with van der Waals surface area (Å²) in [4.78, 5) is 17.1. The maximum absolute atomic E-state index is 12.8. The summed E-state index contributed by atoms with van der Waals surface area (Å²) in [5.74, 6) is 1.80. The molecule has 8 heteroatoms. The third kappa shape index (κ3) is 5.72. The third-order valence-corrected chi connectivity index (χ3v) is 5.25. The highest BCUT2D eigenvalue weighted by molar-refractivity contribution is 5.94. The molecule has 0 spiro atoms. The molecule has 0 saturated heterocycles. The minimum absolute atomic E-state index is 0.155. The van der Waals surface area contributed by atoms with Crippen LogP contribution in [0.2, 0.25) is 0 Å². The van der Waals surface area contributed by atoms with E-state index in [0.29, 0.717) is 23.7 Å². The molecular weight excluding hydrogens is 430 g/mol. The van der Waals surface area contributed by atoms with E-state index < -0.39 is 0 Å². The smallest absolute Gasteiger partial charge is 0.251 e. The molecule has 2 heterocycles. The molecule has 0 aliphatic heterocycles. The lowest BCUT2D eigenvalue weighted by Gasteiger charge is -2.18. The number of carbonyl (C=O) groups is 1. The Hall–Kier alpha value is -4.33. The zero-order valence-electron chi connectivity index (χ0n) is 19.4. The number of nitrogens with one attached hydrogen (secondary N) is 2. The number of aryl methyl sites for hydroxylation is 1. The van der Waals surface area contributed by atoms with Gasteiger partial charge < -0.3 is 20.1 Å². The number of hydrogen-bond acceptors (Lipinski definition) is 6. The largest absolute Gasteiger partial charge is 0.497 e. The molecule has 2 aromatic heterocycles. The number of pyridine rings is 1. The number of hydrogen-bond donors (Lipinski definition) is 2. The molecule has 8 nitrogen and oxygen atoms in total. The van der Waals surface area contributed by atoms with E-state index in [9.17, 15) is 4.79 Å². The molecule has 2 aromatic carbocycles. The second-order valence-electron chi connectivity index (χ2n) is 7.80. The number of anilines is 2. The second kappa shape index (κ2) is 10.5. The first-order valence-corrected chi connectivity index (χ1v) is 10.9. The standard InChI is InChI=1S/C26H27N5O3/c1-18(34-24-11-6-12-27-25(24)30-22-16-29-31(2)17-22)20-8-5-9-21(14-20)26(32)28-15-19-7-4-10-23(13-19)33-3/h4-14,16-18H,15H2,1-3H3,(H,27,30)(H,28,32).